The first kappa shape index (κ1) is 8.70. The minimum atomic E-state index is -4.82. The zero-order valence-corrected chi connectivity index (χ0v) is 5.29. The van der Waals surface area contributed by atoms with Gasteiger partial charge in [-0.2, -0.15) is 13.2 Å². The van der Waals surface area contributed by atoms with Crippen molar-refractivity contribution in [2.24, 2.45) is 0 Å². The monoisotopic (exact) mass is 176 g/mol. The predicted octanol–water partition coefficient (Wildman–Crippen LogP) is 1.97. The lowest BCUT2D eigenvalue weighted by Gasteiger charge is -2.14. The highest BCUT2D eigenvalue weighted by molar-refractivity contribution is 4.87. The van der Waals surface area contributed by atoms with Crippen LogP contribution in [0.25, 0.3) is 0 Å². The maximum atomic E-state index is 12.3. The quantitative estimate of drug-likeness (QED) is 0.463. The van der Waals surface area contributed by atoms with Crippen LogP contribution in [0.15, 0.2) is 0 Å². The van der Waals surface area contributed by atoms with Crippen LogP contribution in [0.2, 0.25) is 0 Å². The van der Waals surface area contributed by atoms with Gasteiger partial charge >= 0.3 is 6.18 Å². The van der Waals surface area contributed by atoms with E-state index in [4.69, 9.17) is 0 Å². The van der Waals surface area contributed by atoms with Gasteiger partial charge in [-0.25, -0.2) is 8.78 Å². The van der Waals surface area contributed by atoms with Crippen LogP contribution in [0.5, 0.6) is 0 Å². The highest BCUT2D eigenvalue weighted by Gasteiger charge is 2.54. The van der Waals surface area contributed by atoms with Crippen molar-refractivity contribution in [2.75, 3.05) is 6.61 Å². The van der Waals surface area contributed by atoms with Gasteiger partial charge in [0.1, 0.15) is 12.5 Å². The van der Waals surface area contributed by atoms with Gasteiger partial charge in [0.25, 0.3) is 5.92 Å². The first-order valence-electron chi connectivity index (χ1n) is 2.87. The van der Waals surface area contributed by atoms with Crippen molar-refractivity contribution in [3.63, 3.8) is 0 Å². The molecule has 1 rings (SSSR count). The molecule has 1 saturated heterocycles. The molecule has 1 aliphatic rings. The van der Waals surface area contributed by atoms with E-state index in [1.54, 1.807) is 0 Å². The molecule has 0 aromatic heterocycles. The molecule has 11 heavy (non-hydrogen) atoms. The van der Waals surface area contributed by atoms with E-state index in [1.165, 1.54) is 0 Å². The van der Waals surface area contributed by atoms with Crippen molar-refractivity contribution < 1.29 is 26.7 Å². The summed E-state index contributed by atoms with van der Waals surface area (Å²) in [6.07, 6.45) is -8.44. The summed E-state index contributed by atoms with van der Waals surface area (Å²) >= 11 is 0. The second-order valence-electron chi connectivity index (χ2n) is 2.37. The van der Waals surface area contributed by atoms with Crippen molar-refractivity contribution in [2.45, 2.75) is 24.6 Å². The normalized spacial score (nSPS) is 25.4. The summed E-state index contributed by atoms with van der Waals surface area (Å²) < 4.78 is 62.8. The number of epoxide rings is 1. The Bertz CT molecular complexity index is 147. The molecule has 0 N–H and O–H groups in total. The Hall–Kier alpha value is -0.390. The molecule has 0 saturated carbocycles. The lowest BCUT2D eigenvalue weighted by Crippen LogP contribution is -2.31. The Labute approximate surface area is 59.1 Å². The van der Waals surface area contributed by atoms with Gasteiger partial charge in [0, 0.05) is 0 Å². The third kappa shape index (κ3) is 2.61. The van der Waals surface area contributed by atoms with E-state index in [2.05, 4.69) is 4.74 Å². The molecule has 0 radical (unpaired) electrons. The molecule has 1 fully saturated rings. The molecule has 0 bridgehead atoms. The largest absolute Gasteiger partial charge is 0.394 e. The van der Waals surface area contributed by atoms with E-state index in [9.17, 15) is 22.0 Å². The van der Waals surface area contributed by atoms with E-state index in [1.807, 2.05) is 0 Å². The number of halogens is 5. The highest BCUT2D eigenvalue weighted by atomic mass is 19.4. The van der Waals surface area contributed by atoms with E-state index < -0.39 is 24.6 Å². The molecule has 66 valence electrons. The van der Waals surface area contributed by atoms with E-state index in [0.717, 1.165) is 0 Å². The van der Waals surface area contributed by atoms with Crippen LogP contribution in [0.4, 0.5) is 22.0 Å². The van der Waals surface area contributed by atoms with Gasteiger partial charge in [-0.1, -0.05) is 0 Å². The highest BCUT2D eigenvalue weighted by Crippen LogP contribution is 2.39. The second kappa shape index (κ2) is 2.30. The van der Waals surface area contributed by atoms with Gasteiger partial charge in [0.15, 0.2) is 0 Å². The van der Waals surface area contributed by atoms with Crippen LogP contribution in [-0.4, -0.2) is 24.8 Å². The van der Waals surface area contributed by atoms with E-state index >= 15 is 0 Å². The molecule has 0 aliphatic carbocycles. The van der Waals surface area contributed by atoms with Gasteiger partial charge in [0.05, 0.1) is 6.61 Å². The molecule has 1 aliphatic heterocycles. The van der Waals surface area contributed by atoms with Crippen LogP contribution in [0.3, 0.4) is 0 Å². The molecular weight excluding hydrogens is 171 g/mol. The average Bonchev–Trinajstić information content (AvgIpc) is 2.30. The molecule has 1 heterocycles. The third-order valence-electron chi connectivity index (χ3n) is 1.24. The zero-order chi connectivity index (χ0) is 8.70. The first-order valence-corrected chi connectivity index (χ1v) is 2.87. The number of alkyl halides is 5. The predicted molar refractivity (Wildman–Crippen MR) is 25.4 cm³/mol. The summed E-state index contributed by atoms with van der Waals surface area (Å²) in [6, 6.07) is 0. The standard InChI is InChI=1S/C5H5F5O/c6-4(7,3-1-11-3)2-5(8,9)10/h3H,1-2H2. The van der Waals surface area contributed by atoms with Gasteiger partial charge in [0.2, 0.25) is 0 Å². The SMILES string of the molecule is FC(F)(F)CC(F)(F)C1CO1. The van der Waals surface area contributed by atoms with Crippen LogP contribution >= 0.6 is 0 Å². The van der Waals surface area contributed by atoms with E-state index in [-0.39, 0.29) is 6.61 Å². The molecule has 0 aromatic carbocycles. The summed E-state index contributed by atoms with van der Waals surface area (Å²) in [5, 5.41) is 0. The minimum Gasteiger partial charge on any atom is -0.367 e. The molecule has 6 heteroatoms. The first-order chi connectivity index (χ1) is 4.81. The summed E-state index contributed by atoms with van der Waals surface area (Å²) in [5.41, 5.74) is 0. The fraction of sp³-hybridized carbons (Fsp3) is 1.00. The summed E-state index contributed by atoms with van der Waals surface area (Å²) in [7, 11) is 0. The Morgan fingerprint density at radius 2 is 1.64 bits per heavy atom. The maximum Gasteiger partial charge on any atom is 0.394 e. The molecule has 1 unspecified atom stereocenters. The number of hydrogen-bond acceptors (Lipinski definition) is 1. The molecule has 1 nitrogen and oxygen atoms in total. The molecule has 0 spiro atoms. The number of rotatable bonds is 2. The van der Waals surface area contributed by atoms with Gasteiger partial charge in [-0.15, -0.1) is 0 Å². The Morgan fingerprint density at radius 3 is 1.91 bits per heavy atom. The summed E-state index contributed by atoms with van der Waals surface area (Å²) in [5.74, 6) is -3.75. The number of hydrogen-bond donors (Lipinski definition) is 0. The molecule has 1 atom stereocenters. The Morgan fingerprint density at radius 1 is 1.18 bits per heavy atom. The van der Waals surface area contributed by atoms with Crippen molar-refractivity contribution in [3.05, 3.63) is 0 Å². The van der Waals surface area contributed by atoms with E-state index in [0.29, 0.717) is 0 Å². The van der Waals surface area contributed by atoms with Crippen LogP contribution in [-0.2, 0) is 4.74 Å². The minimum absolute atomic E-state index is 0.275. The third-order valence-corrected chi connectivity index (χ3v) is 1.24. The van der Waals surface area contributed by atoms with Crippen molar-refractivity contribution >= 4 is 0 Å². The van der Waals surface area contributed by atoms with Crippen molar-refractivity contribution in [1.29, 1.82) is 0 Å². The lowest BCUT2D eigenvalue weighted by atomic mass is 10.2. The second-order valence-corrected chi connectivity index (χ2v) is 2.37. The Balaban J connectivity index is 2.45. The topological polar surface area (TPSA) is 12.5 Å². The fourth-order valence-electron chi connectivity index (χ4n) is 0.673. The van der Waals surface area contributed by atoms with Crippen LogP contribution in [0, 0.1) is 0 Å². The molecule has 0 amide bonds. The van der Waals surface area contributed by atoms with Crippen LogP contribution in [0.1, 0.15) is 6.42 Å². The zero-order valence-electron chi connectivity index (χ0n) is 5.29. The average molecular weight is 176 g/mol. The lowest BCUT2D eigenvalue weighted by molar-refractivity contribution is -0.192. The van der Waals surface area contributed by atoms with Gasteiger partial charge in [-0.05, 0) is 0 Å². The summed E-state index contributed by atoms with van der Waals surface area (Å²) in [4.78, 5) is 0. The maximum absolute atomic E-state index is 12.3. The van der Waals surface area contributed by atoms with Gasteiger partial charge in [-0.3, -0.25) is 0 Å². The number of ether oxygens (including phenoxy) is 1. The molecule has 0 aromatic rings. The smallest absolute Gasteiger partial charge is 0.367 e. The van der Waals surface area contributed by atoms with Crippen LogP contribution < -0.4 is 0 Å². The summed E-state index contributed by atoms with van der Waals surface area (Å²) in [6.45, 7) is -0.275. The molecular formula is C5H5F5O. The fourth-order valence-corrected chi connectivity index (χ4v) is 0.673. The Kier molecular flexibility index (Phi) is 1.82. The van der Waals surface area contributed by atoms with Crippen molar-refractivity contribution in [1.82, 2.24) is 0 Å². The van der Waals surface area contributed by atoms with Gasteiger partial charge < -0.3 is 4.74 Å². The van der Waals surface area contributed by atoms with Crippen molar-refractivity contribution in [3.8, 4) is 0 Å².